The summed E-state index contributed by atoms with van der Waals surface area (Å²) in [5, 5.41) is 0. The number of methoxy groups -OCH3 is 1. The van der Waals surface area contributed by atoms with Crippen LogP contribution in [0.15, 0.2) is 24.3 Å². The Kier molecular flexibility index (Phi) is 2.00. The lowest BCUT2D eigenvalue weighted by molar-refractivity contribution is 0.406. The molecule has 1 atom stereocenters. The molecule has 0 aromatic heterocycles. The lowest BCUT2D eigenvalue weighted by Gasteiger charge is -2.00. The summed E-state index contributed by atoms with van der Waals surface area (Å²) in [6.45, 7) is 0.923. The van der Waals surface area contributed by atoms with Crippen molar-refractivity contribution in [3.05, 3.63) is 29.8 Å². The SMILES string of the molecule is COc1ccc(CC2CO2)cc1. The molecule has 0 radical (unpaired) electrons. The molecular formula is C10H12O2. The molecule has 0 N–H and O–H groups in total. The van der Waals surface area contributed by atoms with Crippen LogP contribution >= 0.6 is 0 Å². The van der Waals surface area contributed by atoms with E-state index in [4.69, 9.17) is 9.47 Å². The van der Waals surface area contributed by atoms with Gasteiger partial charge in [0.1, 0.15) is 5.75 Å². The van der Waals surface area contributed by atoms with E-state index in [9.17, 15) is 0 Å². The van der Waals surface area contributed by atoms with Crippen LogP contribution in [-0.2, 0) is 11.2 Å². The molecule has 0 saturated carbocycles. The highest BCUT2D eigenvalue weighted by molar-refractivity contribution is 5.27. The fourth-order valence-electron chi connectivity index (χ4n) is 1.21. The second-order valence-corrected chi connectivity index (χ2v) is 3.01. The Labute approximate surface area is 72.1 Å². The number of epoxide rings is 1. The quantitative estimate of drug-likeness (QED) is 0.633. The lowest BCUT2D eigenvalue weighted by atomic mass is 10.1. The topological polar surface area (TPSA) is 21.8 Å². The highest BCUT2D eigenvalue weighted by atomic mass is 16.6. The summed E-state index contributed by atoms with van der Waals surface area (Å²) in [7, 11) is 1.68. The average molecular weight is 164 g/mol. The van der Waals surface area contributed by atoms with Gasteiger partial charge in [-0.1, -0.05) is 12.1 Å². The summed E-state index contributed by atoms with van der Waals surface area (Å²) >= 11 is 0. The van der Waals surface area contributed by atoms with Crippen LogP contribution in [0.1, 0.15) is 5.56 Å². The van der Waals surface area contributed by atoms with Crippen LogP contribution in [0.3, 0.4) is 0 Å². The predicted molar refractivity (Wildman–Crippen MR) is 46.4 cm³/mol. The third kappa shape index (κ3) is 1.77. The van der Waals surface area contributed by atoms with E-state index >= 15 is 0 Å². The predicted octanol–water partition coefficient (Wildman–Crippen LogP) is 1.64. The highest BCUT2D eigenvalue weighted by Crippen LogP contribution is 2.18. The molecule has 1 aromatic rings. The number of hydrogen-bond donors (Lipinski definition) is 0. The number of hydrogen-bond acceptors (Lipinski definition) is 2. The van der Waals surface area contributed by atoms with E-state index in [0.29, 0.717) is 6.10 Å². The van der Waals surface area contributed by atoms with Gasteiger partial charge in [0, 0.05) is 6.42 Å². The second kappa shape index (κ2) is 3.15. The fraction of sp³-hybridized carbons (Fsp3) is 0.400. The van der Waals surface area contributed by atoms with Gasteiger partial charge in [0.15, 0.2) is 0 Å². The van der Waals surface area contributed by atoms with Crippen molar-refractivity contribution in [2.75, 3.05) is 13.7 Å². The smallest absolute Gasteiger partial charge is 0.118 e. The number of benzene rings is 1. The van der Waals surface area contributed by atoms with E-state index in [0.717, 1.165) is 18.8 Å². The molecular weight excluding hydrogens is 152 g/mol. The lowest BCUT2D eigenvalue weighted by Crippen LogP contribution is -1.92. The third-order valence-corrected chi connectivity index (χ3v) is 2.02. The minimum atomic E-state index is 0.471. The maximum absolute atomic E-state index is 5.14. The summed E-state index contributed by atoms with van der Waals surface area (Å²) in [6, 6.07) is 8.14. The van der Waals surface area contributed by atoms with E-state index in [1.807, 2.05) is 12.1 Å². The van der Waals surface area contributed by atoms with E-state index in [1.165, 1.54) is 5.56 Å². The Bertz CT molecular complexity index is 249. The fourth-order valence-corrected chi connectivity index (χ4v) is 1.21. The summed E-state index contributed by atoms with van der Waals surface area (Å²) in [6.07, 6.45) is 1.50. The largest absolute Gasteiger partial charge is 0.497 e. The molecule has 1 unspecified atom stereocenters. The van der Waals surface area contributed by atoms with Crippen molar-refractivity contribution >= 4 is 0 Å². The van der Waals surface area contributed by atoms with Crippen molar-refractivity contribution in [2.45, 2.75) is 12.5 Å². The summed E-state index contributed by atoms with van der Waals surface area (Å²) in [4.78, 5) is 0. The Morgan fingerprint density at radius 2 is 2.08 bits per heavy atom. The molecule has 64 valence electrons. The first kappa shape index (κ1) is 7.62. The summed E-state index contributed by atoms with van der Waals surface area (Å²) < 4.78 is 10.2. The minimum absolute atomic E-state index is 0.471. The van der Waals surface area contributed by atoms with Crippen molar-refractivity contribution < 1.29 is 9.47 Å². The Morgan fingerprint density at radius 3 is 2.58 bits per heavy atom. The van der Waals surface area contributed by atoms with Gasteiger partial charge in [-0.2, -0.15) is 0 Å². The monoisotopic (exact) mass is 164 g/mol. The molecule has 2 nitrogen and oxygen atoms in total. The Morgan fingerprint density at radius 1 is 1.42 bits per heavy atom. The van der Waals surface area contributed by atoms with Crippen molar-refractivity contribution in [3.8, 4) is 5.75 Å². The molecule has 12 heavy (non-hydrogen) atoms. The van der Waals surface area contributed by atoms with Crippen molar-refractivity contribution in [3.63, 3.8) is 0 Å². The maximum Gasteiger partial charge on any atom is 0.118 e. The van der Waals surface area contributed by atoms with Crippen molar-refractivity contribution in [2.24, 2.45) is 0 Å². The molecule has 2 heteroatoms. The van der Waals surface area contributed by atoms with Gasteiger partial charge in [-0.05, 0) is 17.7 Å². The number of rotatable bonds is 3. The molecule has 2 rings (SSSR count). The van der Waals surface area contributed by atoms with Gasteiger partial charge in [0.2, 0.25) is 0 Å². The summed E-state index contributed by atoms with van der Waals surface area (Å²) in [5.41, 5.74) is 1.32. The minimum Gasteiger partial charge on any atom is -0.497 e. The van der Waals surface area contributed by atoms with E-state index in [1.54, 1.807) is 7.11 Å². The van der Waals surface area contributed by atoms with Gasteiger partial charge in [0.25, 0.3) is 0 Å². The van der Waals surface area contributed by atoms with Crippen LogP contribution in [0.25, 0.3) is 0 Å². The van der Waals surface area contributed by atoms with Crippen LogP contribution in [-0.4, -0.2) is 19.8 Å². The zero-order chi connectivity index (χ0) is 8.39. The highest BCUT2D eigenvalue weighted by Gasteiger charge is 2.22. The van der Waals surface area contributed by atoms with Gasteiger partial charge < -0.3 is 9.47 Å². The average Bonchev–Trinajstić information content (AvgIpc) is 2.90. The third-order valence-electron chi connectivity index (χ3n) is 2.02. The van der Waals surface area contributed by atoms with E-state index in [-0.39, 0.29) is 0 Å². The van der Waals surface area contributed by atoms with Gasteiger partial charge in [-0.3, -0.25) is 0 Å². The van der Waals surface area contributed by atoms with Gasteiger partial charge >= 0.3 is 0 Å². The molecule has 0 bridgehead atoms. The second-order valence-electron chi connectivity index (χ2n) is 3.01. The molecule has 1 saturated heterocycles. The van der Waals surface area contributed by atoms with Gasteiger partial charge in [-0.15, -0.1) is 0 Å². The van der Waals surface area contributed by atoms with Crippen molar-refractivity contribution in [1.82, 2.24) is 0 Å². The Balaban J connectivity index is 2.02. The van der Waals surface area contributed by atoms with E-state index < -0.39 is 0 Å². The first-order valence-electron chi connectivity index (χ1n) is 4.13. The molecule has 0 aliphatic carbocycles. The number of ether oxygens (including phenoxy) is 2. The van der Waals surface area contributed by atoms with Crippen LogP contribution < -0.4 is 4.74 Å². The Hall–Kier alpha value is -1.02. The van der Waals surface area contributed by atoms with Gasteiger partial charge in [-0.25, -0.2) is 0 Å². The standard InChI is InChI=1S/C10H12O2/c1-11-9-4-2-8(3-5-9)6-10-7-12-10/h2-5,10H,6-7H2,1H3. The molecule has 1 heterocycles. The zero-order valence-electron chi connectivity index (χ0n) is 7.12. The molecule has 0 spiro atoms. The summed E-state index contributed by atoms with van der Waals surface area (Å²) in [5.74, 6) is 0.912. The van der Waals surface area contributed by atoms with E-state index in [2.05, 4.69) is 12.1 Å². The maximum atomic E-state index is 5.14. The first-order valence-corrected chi connectivity index (χ1v) is 4.13. The van der Waals surface area contributed by atoms with Gasteiger partial charge in [0.05, 0.1) is 19.8 Å². The van der Waals surface area contributed by atoms with Crippen LogP contribution in [0.4, 0.5) is 0 Å². The first-order chi connectivity index (χ1) is 5.88. The normalized spacial score (nSPS) is 20.6. The van der Waals surface area contributed by atoms with Crippen LogP contribution in [0.5, 0.6) is 5.75 Å². The zero-order valence-corrected chi connectivity index (χ0v) is 7.12. The van der Waals surface area contributed by atoms with Crippen LogP contribution in [0, 0.1) is 0 Å². The molecule has 0 amide bonds. The molecule has 1 aromatic carbocycles. The molecule has 1 aliphatic rings. The molecule has 1 fully saturated rings. The molecule has 1 aliphatic heterocycles. The van der Waals surface area contributed by atoms with Crippen molar-refractivity contribution in [1.29, 1.82) is 0 Å². The van der Waals surface area contributed by atoms with Crippen LogP contribution in [0.2, 0.25) is 0 Å².